The predicted octanol–water partition coefficient (Wildman–Crippen LogP) is 3.09. The van der Waals surface area contributed by atoms with Gasteiger partial charge in [0.15, 0.2) is 0 Å². The zero-order valence-corrected chi connectivity index (χ0v) is 10.2. The summed E-state index contributed by atoms with van der Waals surface area (Å²) in [5.74, 6) is 0. The Morgan fingerprint density at radius 2 is 1.76 bits per heavy atom. The SMILES string of the molecule is CC(N)C(O)(c1ccc(Cl)c(Cl)c1)C(F)(F)F. The molecule has 0 bridgehead atoms. The monoisotopic (exact) mass is 287 g/mol. The van der Waals surface area contributed by atoms with Crippen molar-refractivity contribution in [2.45, 2.75) is 24.7 Å². The third-order valence-corrected chi connectivity index (χ3v) is 3.19. The first kappa shape index (κ1) is 14.6. The fraction of sp³-hybridized carbons (Fsp3) is 0.400. The van der Waals surface area contributed by atoms with Gasteiger partial charge in [0.1, 0.15) is 0 Å². The summed E-state index contributed by atoms with van der Waals surface area (Å²) in [5, 5.41) is 9.79. The molecule has 0 saturated carbocycles. The highest BCUT2D eigenvalue weighted by Crippen LogP contribution is 2.42. The summed E-state index contributed by atoms with van der Waals surface area (Å²) in [6.45, 7) is 1.07. The quantitative estimate of drug-likeness (QED) is 0.878. The molecule has 0 spiro atoms. The van der Waals surface area contributed by atoms with E-state index in [0.717, 1.165) is 19.1 Å². The van der Waals surface area contributed by atoms with Crippen molar-refractivity contribution in [2.75, 3.05) is 0 Å². The van der Waals surface area contributed by atoms with Crippen LogP contribution in [0, 0.1) is 0 Å². The Kier molecular flexibility index (Phi) is 3.98. The highest BCUT2D eigenvalue weighted by atomic mass is 35.5. The number of hydrogen-bond acceptors (Lipinski definition) is 2. The molecule has 1 aromatic rings. The van der Waals surface area contributed by atoms with Gasteiger partial charge in [0.05, 0.1) is 10.0 Å². The van der Waals surface area contributed by atoms with Gasteiger partial charge in [-0.15, -0.1) is 0 Å². The van der Waals surface area contributed by atoms with Crippen LogP contribution in [0.25, 0.3) is 0 Å². The molecule has 0 amide bonds. The molecule has 1 rings (SSSR count). The van der Waals surface area contributed by atoms with E-state index in [1.54, 1.807) is 0 Å². The number of halogens is 5. The lowest BCUT2D eigenvalue weighted by Gasteiger charge is -2.34. The lowest BCUT2D eigenvalue weighted by molar-refractivity contribution is -0.272. The summed E-state index contributed by atoms with van der Waals surface area (Å²) in [7, 11) is 0. The van der Waals surface area contributed by atoms with Crippen molar-refractivity contribution < 1.29 is 18.3 Å². The maximum atomic E-state index is 12.9. The summed E-state index contributed by atoms with van der Waals surface area (Å²) >= 11 is 11.2. The number of aliphatic hydroxyl groups is 1. The van der Waals surface area contributed by atoms with Crippen LogP contribution in [-0.4, -0.2) is 17.3 Å². The van der Waals surface area contributed by atoms with E-state index in [9.17, 15) is 18.3 Å². The van der Waals surface area contributed by atoms with Gasteiger partial charge in [-0.1, -0.05) is 29.3 Å². The van der Waals surface area contributed by atoms with E-state index < -0.39 is 23.4 Å². The molecule has 96 valence electrons. The van der Waals surface area contributed by atoms with Crippen molar-refractivity contribution >= 4 is 23.2 Å². The normalized spacial score (nSPS) is 17.6. The van der Waals surface area contributed by atoms with E-state index in [-0.39, 0.29) is 10.0 Å². The second-order valence-electron chi connectivity index (χ2n) is 3.68. The minimum Gasteiger partial charge on any atom is -0.375 e. The van der Waals surface area contributed by atoms with Gasteiger partial charge < -0.3 is 10.8 Å². The van der Waals surface area contributed by atoms with E-state index >= 15 is 0 Å². The molecule has 17 heavy (non-hydrogen) atoms. The standard InChI is InChI=1S/C10H10Cl2F3NO/c1-5(16)9(17,10(13,14)15)6-2-3-7(11)8(12)4-6/h2-5,17H,16H2,1H3. The van der Waals surface area contributed by atoms with Gasteiger partial charge in [0.2, 0.25) is 5.60 Å². The second kappa shape index (κ2) is 4.65. The molecule has 0 aliphatic heterocycles. The summed E-state index contributed by atoms with van der Waals surface area (Å²) in [4.78, 5) is 0. The third kappa shape index (κ3) is 2.52. The summed E-state index contributed by atoms with van der Waals surface area (Å²) in [6, 6.07) is 1.64. The number of benzene rings is 1. The Hall–Kier alpha value is -0.490. The Morgan fingerprint density at radius 3 is 2.12 bits per heavy atom. The molecule has 0 aliphatic rings. The van der Waals surface area contributed by atoms with Crippen LogP contribution >= 0.6 is 23.2 Å². The van der Waals surface area contributed by atoms with Crippen LogP contribution < -0.4 is 5.73 Å². The van der Waals surface area contributed by atoms with Crippen LogP contribution in [0.15, 0.2) is 18.2 Å². The molecule has 7 heteroatoms. The number of nitrogens with two attached hydrogens (primary N) is 1. The molecule has 2 unspecified atom stereocenters. The zero-order chi connectivity index (χ0) is 13.4. The van der Waals surface area contributed by atoms with E-state index in [2.05, 4.69) is 0 Å². The maximum absolute atomic E-state index is 12.9. The van der Waals surface area contributed by atoms with E-state index in [1.165, 1.54) is 6.07 Å². The first-order valence-corrected chi connectivity index (χ1v) is 5.36. The van der Waals surface area contributed by atoms with Gasteiger partial charge >= 0.3 is 6.18 Å². The van der Waals surface area contributed by atoms with Crippen LogP contribution in [-0.2, 0) is 5.60 Å². The smallest absolute Gasteiger partial charge is 0.375 e. The predicted molar refractivity (Wildman–Crippen MR) is 60.1 cm³/mol. The molecular formula is C10H10Cl2F3NO. The van der Waals surface area contributed by atoms with Gasteiger partial charge in [-0.3, -0.25) is 0 Å². The van der Waals surface area contributed by atoms with Gasteiger partial charge in [-0.2, -0.15) is 13.2 Å². The summed E-state index contributed by atoms with van der Waals surface area (Å²) < 4.78 is 38.6. The molecule has 2 nitrogen and oxygen atoms in total. The number of alkyl halides is 3. The number of rotatable bonds is 2. The summed E-state index contributed by atoms with van der Waals surface area (Å²) in [6.07, 6.45) is -4.90. The molecule has 1 aromatic carbocycles. The fourth-order valence-corrected chi connectivity index (χ4v) is 1.72. The third-order valence-electron chi connectivity index (χ3n) is 2.45. The summed E-state index contributed by atoms with van der Waals surface area (Å²) in [5.41, 5.74) is 1.64. The second-order valence-corrected chi connectivity index (χ2v) is 4.50. The minimum absolute atomic E-state index is 0.0764. The topological polar surface area (TPSA) is 46.2 Å². The zero-order valence-electron chi connectivity index (χ0n) is 8.72. The largest absolute Gasteiger partial charge is 0.422 e. The average Bonchev–Trinajstić information content (AvgIpc) is 2.19. The highest BCUT2D eigenvalue weighted by Gasteiger charge is 2.57. The van der Waals surface area contributed by atoms with Crippen molar-refractivity contribution in [3.05, 3.63) is 33.8 Å². The lowest BCUT2D eigenvalue weighted by Crippen LogP contribution is -2.54. The van der Waals surface area contributed by atoms with Crippen molar-refractivity contribution in [1.29, 1.82) is 0 Å². The average molecular weight is 288 g/mol. The van der Waals surface area contributed by atoms with Crippen LogP contribution in [0.3, 0.4) is 0 Å². The van der Waals surface area contributed by atoms with Crippen LogP contribution in [0.1, 0.15) is 12.5 Å². The minimum atomic E-state index is -4.90. The highest BCUT2D eigenvalue weighted by molar-refractivity contribution is 6.42. The van der Waals surface area contributed by atoms with Gasteiger partial charge in [-0.25, -0.2) is 0 Å². The van der Waals surface area contributed by atoms with E-state index in [0.29, 0.717) is 0 Å². The van der Waals surface area contributed by atoms with Gasteiger partial charge in [0.25, 0.3) is 0 Å². The first-order chi connectivity index (χ1) is 7.60. The molecule has 0 aliphatic carbocycles. The van der Waals surface area contributed by atoms with Crippen molar-refractivity contribution in [3.8, 4) is 0 Å². The Labute approximate surface area is 106 Å². The number of hydrogen-bond donors (Lipinski definition) is 2. The fourth-order valence-electron chi connectivity index (χ4n) is 1.42. The molecule has 3 N–H and O–H groups in total. The Morgan fingerprint density at radius 1 is 1.24 bits per heavy atom. The van der Waals surface area contributed by atoms with Crippen LogP contribution in [0.4, 0.5) is 13.2 Å². The molecule has 0 radical (unpaired) electrons. The van der Waals surface area contributed by atoms with Crippen LogP contribution in [0.2, 0.25) is 10.0 Å². The van der Waals surface area contributed by atoms with Gasteiger partial charge in [0, 0.05) is 6.04 Å². The van der Waals surface area contributed by atoms with Crippen LogP contribution in [0.5, 0.6) is 0 Å². The molecule has 2 atom stereocenters. The maximum Gasteiger partial charge on any atom is 0.422 e. The first-order valence-electron chi connectivity index (χ1n) is 4.61. The molecule has 0 saturated heterocycles. The lowest BCUT2D eigenvalue weighted by atomic mass is 9.87. The van der Waals surface area contributed by atoms with Crippen molar-refractivity contribution in [3.63, 3.8) is 0 Å². The van der Waals surface area contributed by atoms with Crippen molar-refractivity contribution in [2.24, 2.45) is 5.73 Å². The molecule has 0 fully saturated rings. The van der Waals surface area contributed by atoms with Crippen molar-refractivity contribution in [1.82, 2.24) is 0 Å². The Bertz CT molecular complexity index is 423. The molecule has 0 aromatic heterocycles. The van der Waals surface area contributed by atoms with E-state index in [1.807, 2.05) is 0 Å². The van der Waals surface area contributed by atoms with Gasteiger partial charge in [-0.05, 0) is 24.6 Å². The Balaban J connectivity index is 3.39. The van der Waals surface area contributed by atoms with E-state index in [4.69, 9.17) is 28.9 Å². The molecule has 0 heterocycles. The molecular weight excluding hydrogens is 278 g/mol.